The summed E-state index contributed by atoms with van der Waals surface area (Å²) in [6.07, 6.45) is 0.463. The lowest BCUT2D eigenvalue weighted by Gasteiger charge is -2.43. The molecule has 30 heavy (non-hydrogen) atoms. The van der Waals surface area contributed by atoms with Crippen molar-refractivity contribution in [1.29, 1.82) is 0 Å². The molecule has 2 aliphatic rings. The van der Waals surface area contributed by atoms with Crippen molar-refractivity contribution in [3.8, 4) is 11.5 Å². The number of ether oxygens (including phenoxy) is 2. The average molecular weight is 414 g/mol. The molecule has 160 valence electrons. The Labute approximate surface area is 175 Å². The fraction of sp³-hybridized carbons (Fsp3) is 0.435. The molecule has 1 amide bonds. The number of hydrogen-bond acceptors (Lipinski definition) is 5. The minimum atomic E-state index is -0.727. The number of hydrogen-bond donors (Lipinski definition) is 2. The molecule has 0 saturated carbocycles. The highest BCUT2D eigenvalue weighted by Crippen LogP contribution is 2.36. The van der Waals surface area contributed by atoms with Gasteiger partial charge >= 0.3 is 0 Å². The number of aliphatic hydroxyl groups is 1. The molecule has 0 aromatic heterocycles. The second-order valence-electron chi connectivity index (χ2n) is 7.96. The molecule has 6 nitrogen and oxygen atoms in total. The number of nitrogens with zero attached hydrogens (tertiary/aromatic N) is 1. The molecular formula is C23H27FN2O4. The van der Waals surface area contributed by atoms with Crippen molar-refractivity contribution < 1.29 is 23.8 Å². The summed E-state index contributed by atoms with van der Waals surface area (Å²) in [6, 6.07) is 12.1. The number of benzene rings is 2. The van der Waals surface area contributed by atoms with Crippen LogP contribution in [0.25, 0.3) is 0 Å². The number of piperidine rings is 1. The minimum Gasteiger partial charge on any atom is -0.486 e. The van der Waals surface area contributed by atoms with Crippen molar-refractivity contribution in [2.75, 3.05) is 32.8 Å². The molecule has 0 spiro atoms. The quantitative estimate of drug-likeness (QED) is 0.787. The number of likely N-dealkylation sites (tertiary alicyclic amines) is 1. The molecular weight excluding hydrogens is 387 g/mol. The lowest BCUT2D eigenvalue weighted by atomic mass is 9.80. The van der Waals surface area contributed by atoms with Gasteiger partial charge in [-0.1, -0.05) is 24.3 Å². The number of amides is 1. The van der Waals surface area contributed by atoms with Crippen LogP contribution in [0.3, 0.4) is 0 Å². The smallest absolute Gasteiger partial charge is 0.217 e. The molecule has 2 aromatic rings. The molecule has 0 aliphatic carbocycles. The van der Waals surface area contributed by atoms with E-state index >= 15 is 0 Å². The zero-order chi connectivity index (χ0) is 21.1. The molecule has 2 aromatic carbocycles. The summed E-state index contributed by atoms with van der Waals surface area (Å²) >= 11 is 0. The monoisotopic (exact) mass is 414 g/mol. The molecule has 1 fully saturated rings. The summed E-state index contributed by atoms with van der Waals surface area (Å²) in [6.45, 7) is 4.21. The predicted molar refractivity (Wildman–Crippen MR) is 110 cm³/mol. The Hall–Kier alpha value is -2.64. The Bertz CT molecular complexity index is 912. The third kappa shape index (κ3) is 4.27. The van der Waals surface area contributed by atoms with E-state index in [1.165, 1.54) is 13.0 Å². The standard InChI is InChI=1S/C23H27FN2O4/c1-16(27)25-23(18-4-2-3-5-19(18)24)8-10-26(11-9-23)15-20(28)17-6-7-21-22(14-17)30-13-12-29-21/h2-7,14,20,28H,8-13,15H2,1H3,(H,25,27). The fourth-order valence-corrected chi connectivity index (χ4v) is 4.38. The maximum absolute atomic E-state index is 14.5. The van der Waals surface area contributed by atoms with Crippen molar-refractivity contribution in [1.82, 2.24) is 10.2 Å². The topological polar surface area (TPSA) is 71.0 Å². The molecule has 2 heterocycles. The Morgan fingerprint density at radius 1 is 1.17 bits per heavy atom. The Morgan fingerprint density at radius 2 is 1.87 bits per heavy atom. The van der Waals surface area contributed by atoms with Crippen LogP contribution in [0.1, 0.15) is 37.0 Å². The first-order chi connectivity index (χ1) is 14.5. The van der Waals surface area contributed by atoms with Crippen LogP contribution in [0.4, 0.5) is 4.39 Å². The van der Waals surface area contributed by atoms with Crippen LogP contribution < -0.4 is 14.8 Å². The van der Waals surface area contributed by atoms with Gasteiger partial charge in [0.2, 0.25) is 5.91 Å². The van der Waals surface area contributed by atoms with Crippen LogP contribution in [0.15, 0.2) is 42.5 Å². The van der Waals surface area contributed by atoms with Gasteiger partial charge in [-0.05, 0) is 36.6 Å². The zero-order valence-electron chi connectivity index (χ0n) is 17.1. The average Bonchev–Trinajstić information content (AvgIpc) is 2.75. The lowest BCUT2D eigenvalue weighted by Crippen LogP contribution is -2.53. The van der Waals surface area contributed by atoms with Gasteiger partial charge in [-0.15, -0.1) is 0 Å². The van der Waals surface area contributed by atoms with Gasteiger partial charge in [0.15, 0.2) is 11.5 Å². The van der Waals surface area contributed by atoms with Crippen LogP contribution in [0.5, 0.6) is 11.5 Å². The van der Waals surface area contributed by atoms with Gasteiger partial charge in [-0.25, -0.2) is 4.39 Å². The molecule has 0 radical (unpaired) electrons. The maximum atomic E-state index is 14.5. The molecule has 1 atom stereocenters. The van der Waals surface area contributed by atoms with Crippen molar-refractivity contribution in [3.63, 3.8) is 0 Å². The number of nitrogens with one attached hydrogen (secondary N) is 1. The molecule has 1 saturated heterocycles. The largest absolute Gasteiger partial charge is 0.486 e. The van der Waals surface area contributed by atoms with E-state index in [9.17, 15) is 14.3 Å². The van der Waals surface area contributed by atoms with Crippen molar-refractivity contribution in [2.45, 2.75) is 31.4 Å². The first kappa shape index (κ1) is 20.6. The summed E-state index contributed by atoms with van der Waals surface area (Å²) in [5, 5.41) is 13.7. The highest BCUT2D eigenvalue weighted by atomic mass is 19.1. The number of rotatable bonds is 5. The number of aliphatic hydroxyl groups excluding tert-OH is 1. The Morgan fingerprint density at radius 3 is 2.57 bits per heavy atom. The number of β-amino-alcohol motifs (C(OH)–C–C–N with tert-alkyl or cyclic N) is 1. The minimum absolute atomic E-state index is 0.178. The van der Waals surface area contributed by atoms with E-state index in [2.05, 4.69) is 10.2 Å². The summed E-state index contributed by atoms with van der Waals surface area (Å²) in [5.41, 5.74) is 0.564. The normalized spacial score (nSPS) is 19.2. The maximum Gasteiger partial charge on any atom is 0.217 e. The van der Waals surface area contributed by atoms with E-state index in [-0.39, 0.29) is 11.7 Å². The van der Waals surface area contributed by atoms with E-state index in [0.717, 1.165) is 5.56 Å². The van der Waals surface area contributed by atoms with Crippen LogP contribution in [-0.2, 0) is 10.3 Å². The van der Waals surface area contributed by atoms with Crippen LogP contribution in [0.2, 0.25) is 0 Å². The van der Waals surface area contributed by atoms with E-state index in [4.69, 9.17) is 9.47 Å². The van der Waals surface area contributed by atoms with E-state index in [1.54, 1.807) is 18.2 Å². The predicted octanol–water partition coefficient (Wildman–Crippen LogP) is 2.76. The molecule has 2 N–H and O–H groups in total. The first-order valence-electron chi connectivity index (χ1n) is 10.3. The van der Waals surface area contributed by atoms with E-state index in [1.807, 2.05) is 18.2 Å². The fourth-order valence-electron chi connectivity index (χ4n) is 4.38. The van der Waals surface area contributed by atoms with Gasteiger partial charge < -0.3 is 24.8 Å². The molecule has 0 bridgehead atoms. The summed E-state index contributed by atoms with van der Waals surface area (Å²) in [4.78, 5) is 14.0. The molecule has 1 unspecified atom stereocenters. The van der Waals surface area contributed by atoms with Crippen molar-refractivity contribution in [2.24, 2.45) is 0 Å². The first-order valence-corrected chi connectivity index (χ1v) is 10.3. The highest BCUT2D eigenvalue weighted by molar-refractivity contribution is 5.74. The summed E-state index contributed by atoms with van der Waals surface area (Å²) < 4.78 is 25.6. The van der Waals surface area contributed by atoms with Crippen LogP contribution >= 0.6 is 0 Å². The van der Waals surface area contributed by atoms with Crippen molar-refractivity contribution >= 4 is 5.91 Å². The van der Waals surface area contributed by atoms with Crippen LogP contribution in [-0.4, -0.2) is 48.8 Å². The van der Waals surface area contributed by atoms with Gasteiger partial charge in [0.25, 0.3) is 0 Å². The van der Waals surface area contributed by atoms with Gasteiger partial charge in [0.05, 0.1) is 11.6 Å². The summed E-state index contributed by atoms with van der Waals surface area (Å²) in [7, 11) is 0. The van der Waals surface area contributed by atoms with Gasteiger partial charge in [-0.2, -0.15) is 0 Å². The van der Waals surface area contributed by atoms with E-state index < -0.39 is 11.6 Å². The lowest BCUT2D eigenvalue weighted by molar-refractivity contribution is -0.121. The SMILES string of the molecule is CC(=O)NC1(c2ccccc2F)CCN(CC(O)c2ccc3c(c2)OCCO3)CC1. The van der Waals surface area contributed by atoms with Crippen molar-refractivity contribution in [3.05, 3.63) is 59.4 Å². The Kier molecular flexibility index (Phi) is 5.92. The van der Waals surface area contributed by atoms with Crippen LogP contribution in [0, 0.1) is 5.82 Å². The number of carbonyl (C=O) groups is 1. The number of fused-ring (bicyclic) bond motifs is 1. The Balaban J connectivity index is 1.44. The molecule has 7 heteroatoms. The molecule has 2 aliphatic heterocycles. The van der Waals surface area contributed by atoms with Gasteiger partial charge in [0.1, 0.15) is 19.0 Å². The highest BCUT2D eigenvalue weighted by Gasteiger charge is 2.39. The summed E-state index contributed by atoms with van der Waals surface area (Å²) in [5.74, 6) is 0.861. The van der Waals surface area contributed by atoms with Gasteiger partial charge in [0, 0.05) is 32.1 Å². The molecule has 4 rings (SSSR count). The number of carbonyl (C=O) groups excluding carboxylic acids is 1. The van der Waals surface area contributed by atoms with Gasteiger partial charge in [-0.3, -0.25) is 4.79 Å². The second kappa shape index (κ2) is 8.62. The zero-order valence-corrected chi connectivity index (χ0v) is 17.1. The number of halogens is 1. The third-order valence-corrected chi connectivity index (χ3v) is 5.90. The van der Waals surface area contributed by atoms with E-state index in [0.29, 0.717) is 62.8 Å². The second-order valence-corrected chi connectivity index (χ2v) is 7.96. The third-order valence-electron chi connectivity index (χ3n) is 5.90.